The van der Waals surface area contributed by atoms with Gasteiger partial charge in [0.25, 0.3) is 0 Å². The molecule has 0 aliphatic heterocycles. The van der Waals surface area contributed by atoms with E-state index in [-0.39, 0.29) is 11.4 Å². The predicted molar refractivity (Wildman–Crippen MR) is 56.1 cm³/mol. The van der Waals surface area contributed by atoms with Crippen molar-refractivity contribution in [3.63, 3.8) is 0 Å². The Morgan fingerprint density at radius 2 is 1.92 bits per heavy atom. The molecule has 0 aliphatic carbocycles. The standard InChI is InChI=1S/C8H21N5/c1-8(2,6-13(3)4)5-11-12-7(9)10/h11H,5-6H2,1-4H3,(H4,9,10,12). The SMILES string of the molecule is CN(C)CC(C)(C)CNN=C(N)N. The molecule has 0 heterocycles. The summed E-state index contributed by atoms with van der Waals surface area (Å²) in [5, 5.41) is 3.72. The van der Waals surface area contributed by atoms with E-state index in [9.17, 15) is 0 Å². The molecule has 5 nitrogen and oxygen atoms in total. The van der Waals surface area contributed by atoms with E-state index in [1.807, 2.05) is 14.1 Å². The molecule has 0 aromatic heterocycles. The van der Waals surface area contributed by atoms with Crippen molar-refractivity contribution >= 4 is 5.96 Å². The summed E-state index contributed by atoms with van der Waals surface area (Å²) in [4.78, 5) is 2.14. The summed E-state index contributed by atoms with van der Waals surface area (Å²) >= 11 is 0. The second kappa shape index (κ2) is 4.91. The highest BCUT2D eigenvalue weighted by atomic mass is 15.3. The van der Waals surface area contributed by atoms with Crippen molar-refractivity contribution in [3.05, 3.63) is 0 Å². The van der Waals surface area contributed by atoms with Crippen LogP contribution in [0.5, 0.6) is 0 Å². The largest absolute Gasteiger partial charge is 0.369 e. The summed E-state index contributed by atoms with van der Waals surface area (Å²) in [6.45, 7) is 6.05. The first-order valence-electron chi connectivity index (χ1n) is 4.30. The van der Waals surface area contributed by atoms with E-state index in [4.69, 9.17) is 11.5 Å². The molecule has 0 unspecified atom stereocenters. The lowest BCUT2D eigenvalue weighted by Gasteiger charge is -2.27. The fraction of sp³-hybridized carbons (Fsp3) is 0.875. The Morgan fingerprint density at radius 3 is 2.31 bits per heavy atom. The van der Waals surface area contributed by atoms with Crippen LogP contribution in [0.15, 0.2) is 5.10 Å². The summed E-state index contributed by atoms with van der Waals surface area (Å²) in [6.07, 6.45) is 0. The summed E-state index contributed by atoms with van der Waals surface area (Å²) in [6, 6.07) is 0. The van der Waals surface area contributed by atoms with E-state index in [1.54, 1.807) is 0 Å². The topological polar surface area (TPSA) is 79.7 Å². The van der Waals surface area contributed by atoms with Crippen LogP contribution in [0.3, 0.4) is 0 Å². The van der Waals surface area contributed by atoms with Gasteiger partial charge in [-0.25, -0.2) is 0 Å². The van der Waals surface area contributed by atoms with Crippen LogP contribution in [0.25, 0.3) is 0 Å². The molecule has 5 N–H and O–H groups in total. The first kappa shape index (κ1) is 12.0. The van der Waals surface area contributed by atoms with Gasteiger partial charge in [-0.05, 0) is 19.5 Å². The average Bonchev–Trinajstić information content (AvgIpc) is 1.81. The second-order valence-electron chi connectivity index (χ2n) is 4.27. The minimum atomic E-state index is 0.0700. The molecule has 0 aromatic carbocycles. The molecule has 13 heavy (non-hydrogen) atoms. The van der Waals surface area contributed by atoms with Crippen molar-refractivity contribution in [3.8, 4) is 0 Å². The molecule has 0 atom stereocenters. The minimum absolute atomic E-state index is 0.0700. The van der Waals surface area contributed by atoms with E-state index in [1.165, 1.54) is 0 Å². The highest BCUT2D eigenvalue weighted by molar-refractivity contribution is 5.75. The highest BCUT2D eigenvalue weighted by Gasteiger charge is 2.17. The van der Waals surface area contributed by atoms with Gasteiger partial charge >= 0.3 is 0 Å². The monoisotopic (exact) mass is 187 g/mol. The molecule has 0 saturated heterocycles. The fourth-order valence-corrected chi connectivity index (χ4v) is 1.26. The maximum Gasteiger partial charge on any atom is 0.208 e. The number of guanidine groups is 1. The average molecular weight is 187 g/mol. The van der Waals surface area contributed by atoms with Crippen molar-refractivity contribution < 1.29 is 0 Å². The van der Waals surface area contributed by atoms with Gasteiger partial charge in [0, 0.05) is 13.1 Å². The Kier molecular flexibility index (Phi) is 4.55. The normalized spacial score (nSPS) is 11.5. The highest BCUT2D eigenvalue weighted by Crippen LogP contribution is 2.13. The van der Waals surface area contributed by atoms with Gasteiger partial charge in [0.1, 0.15) is 0 Å². The van der Waals surface area contributed by atoms with Crippen LogP contribution >= 0.6 is 0 Å². The van der Waals surface area contributed by atoms with Gasteiger partial charge in [0.15, 0.2) is 0 Å². The van der Waals surface area contributed by atoms with Gasteiger partial charge in [-0.3, -0.25) is 0 Å². The molecule has 0 amide bonds. The van der Waals surface area contributed by atoms with E-state index in [0.29, 0.717) is 0 Å². The van der Waals surface area contributed by atoms with E-state index in [0.717, 1.165) is 13.1 Å². The molecule has 0 radical (unpaired) electrons. The smallest absolute Gasteiger partial charge is 0.208 e. The lowest BCUT2D eigenvalue weighted by Crippen LogP contribution is -2.37. The Morgan fingerprint density at radius 1 is 1.38 bits per heavy atom. The van der Waals surface area contributed by atoms with E-state index < -0.39 is 0 Å². The number of hydrogen-bond acceptors (Lipinski definition) is 3. The number of hydrazone groups is 1. The molecule has 0 aromatic rings. The third-order valence-electron chi connectivity index (χ3n) is 1.51. The minimum Gasteiger partial charge on any atom is -0.369 e. The zero-order chi connectivity index (χ0) is 10.5. The van der Waals surface area contributed by atoms with Crippen molar-refractivity contribution in [1.82, 2.24) is 10.3 Å². The molecule has 0 saturated carbocycles. The second-order valence-corrected chi connectivity index (χ2v) is 4.27. The van der Waals surface area contributed by atoms with Crippen molar-refractivity contribution in [2.75, 3.05) is 27.2 Å². The zero-order valence-corrected chi connectivity index (χ0v) is 8.96. The molecule has 0 rings (SSSR count). The number of nitrogens with one attached hydrogen (secondary N) is 1. The number of hydrogen-bond donors (Lipinski definition) is 3. The van der Waals surface area contributed by atoms with Gasteiger partial charge < -0.3 is 21.8 Å². The fourth-order valence-electron chi connectivity index (χ4n) is 1.26. The van der Waals surface area contributed by atoms with Crippen LogP contribution in [0.4, 0.5) is 0 Å². The Bertz CT molecular complexity index is 169. The summed E-state index contributed by atoms with van der Waals surface area (Å²) < 4.78 is 0. The molecular formula is C8H21N5. The molecule has 0 fully saturated rings. The van der Waals surface area contributed by atoms with Crippen molar-refractivity contribution in [2.45, 2.75) is 13.8 Å². The molecule has 78 valence electrons. The van der Waals surface area contributed by atoms with Gasteiger partial charge in [0.2, 0.25) is 5.96 Å². The van der Waals surface area contributed by atoms with Crippen LogP contribution in [-0.2, 0) is 0 Å². The quantitative estimate of drug-likeness (QED) is 0.304. The molecular weight excluding hydrogens is 166 g/mol. The third-order valence-corrected chi connectivity index (χ3v) is 1.51. The molecule has 5 heteroatoms. The summed E-state index contributed by atoms with van der Waals surface area (Å²) in [7, 11) is 4.09. The van der Waals surface area contributed by atoms with Crippen LogP contribution < -0.4 is 16.9 Å². The number of rotatable bonds is 5. The summed E-state index contributed by atoms with van der Waals surface area (Å²) in [5.41, 5.74) is 13.4. The van der Waals surface area contributed by atoms with Crippen molar-refractivity contribution in [1.29, 1.82) is 0 Å². The number of nitrogens with zero attached hydrogens (tertiary/aromatic N) is 2. The van der Waals surface area contributed by atoms with Gasteiger partial charge in [-0.15, -0.1) is 5.10 Å². The lowest BCUT2D eigenvalue weighted by molar-refractivity contribution is 0.234. The van der Waals surface area contributed by atoms with Gasteiger partial charge in [-0.1, -0.05) is 13.8 Å². The van der Waals surface area contributed by atoms with Crippen LogP contribution in [0.2, 0.25) is 0 Å². The van der Waals surface area contributed by atoms with Crippen LogP contribution in [0, 0.1) is 5.41 Å². The van der Waals surface area contributed by atoms with Crippen LogP contribution in [0.1, 0.15) is 13.8 Å². The zero-order valence-electron chi connectivity index (χ0n) is 8.96. The molecule has 0 aliphatic rings. The van der Waals surface area contributed by atoms with Gasteiger partial charge in [-0.2, -0.15) is 0 Å². The third kappa shape index (κ3) is 7.39. The molecule has 0 spiro atoms. The Hall–Kier alpha value is -0.970. The van der Waals surface area contributed by atoms with E-state index in [2.05, 4.69) is 29.3 Å². The van der Waals surface area contributed by atoms with Crippen LogP contribution in [-0.4, -0.2) is 38.0 Å². The van der Waals surface area contributed by atoms with Gasteiger partial charge in [0.05, 0.1) is 0 Å². The van der Waals surface area contributed by atoms with E-state index >= 15 is 0 Å². The Balaban J connectivity index is 3.82. The maximum absolute atomic E-state index is 5.18. The van der Waals surface area contributed by atoms with Crippen molar-refractivity contribution in [2.24, 2.45) is 22.0 Å². The first-order valence-corrected chi connectivity index (χ1v) is 4.30. The Labute approximate surface area is 80.1 Å². The lowest BCUT2D eigenvalue weighted by atomic mass is 9.93. The first-order chi connectivity index (χ1) is 5.83. The predicted octanol–water partition coefficient (Wildman–Crippen LogP) is -0.648. The summed E-state index contributed by atoms with van der Waals surface area (Å²) in [5.74, 6) is 0.0700. The molecule has 0 bridgehead atoms. The number of nitrogens with two attached hydrogens (primary N) is 2. The maximum atomic E-state index is 5.18.